The molecular weight excluding hydrogens is 298 g/mol. The fourth-order valence-electron chi connectivity index (χ4n) is 2.06. The maximum absolute atomic E-state index is 6.14. The summed E-state index contributed by atoms with van der Waals surface area (Å²) in [5.74, 6) is 2.90. The number of ether oxygens (including phenoxy) is 2. The molecule has 1 atom stereocenters. The van der Waals surface area contributed by atoms with E-state index in [9.17, 15) is 0 Å². The zero-order chi connectivity index (χ0) is 14.1. The number of hydrogen-bond donors (Lipinski definition) is 0. The summed E-state index contributed by atoms with van der Waals surface area (Å²) in [5, 5.41) is 5.52. The molecule has 0 saturated carbocycles. The van der Waals surface area contributed by atoms with E-state index in [1.165, 1.54) is 0 Å². The maximum Gasteiger partial charge on any atom is 0.186 e. The van der Waals surface area contributed by atoms with E-state index >= 15 is 0 Å². The van der Waals surface area contributed by atoms with Crippen molar-refractivity contribution in [3.05, 3.63) is 18.2 Å². The predicted molar refractivity (Wildman–Crippen MR) is 78.9 cm³/mol. The van der Waals surface area contributed by atoms with Crippen LogP contribution in [-0.4, -0.2) is 40.1 Å². The first-order chi connectivity index (χ1) is 9.71. The van der Waals surface area contributed by atoms with Crippen molar-refractivity contribution in [1.82, 2.24) is 14.8 Å². The summed E-state index contributed by atoms with van der Waals surface area (Å²) in [6, 6.07) is 5.65. The lowest BCUT2D eigenvalue weighted by atomic mass is 10.2. The first-order valence-corrected chi connectivity index (χ1v) is 7.57. The van der Waals surface area contributed by atoms with Crippen molar-refractivity contribution in [2.24, 2.45) is 0 Å². The van der Waals surface area contributed by atoms with Gasteiger partial charge < -0.3 is 9.47 Å². The number of fused-ring (bicyclic) bond motifs is 1. The molecule has 2 aromatic rings. The van der Waals surface area contributed by atoms with Crippen LogP contribution in [0.1, 0.15) is 0 Å². The highest BCUT2D eigenvalue weighted by Crippen LogP contribution is 2.33. The molecule has 0 aliphatic carbocycles. The second-order valence-corrected chi connectivity index (χ2v) is 5.98. The zero-order valence-corrected chi connectivity index (χ0v) is 12.7. The number of benzene rings is 1. The molecule has 106 valence electrons. The molecule has 0 radical (unpaired) electrons. The van der Waals surface area contributed by atoms with Crippen molar-refractivity contribution < 1.29 is 9.47 Å². The van der Waals surface area contributed by atoms with E-state index in [1.54, 1.807) is 26.0 Å². The Morgan fingerprint density at radius 3 is 2.85 bits per heavy atom. The molecule has 1 aliphatic rings. The fourth-order valence-corrected chi connectivity index (χ4v) is 3.23. The number of hydrogen-bond acceptors (Lipinski definition) is 5. The van der Waals surface area contributed by atoms with E-state index in [2.05, 4.69) is 10.1 Å². The Morgan fingerprint density at radius 1 is 1.30 bits per heavy atom. The minimum Gasteiger partial charge on any atom is -0.493 e. The summed E-state index contributed by atoms with van der Waals surface area (Å²) in [6.45, 7) is 0.699. The van der Waals surface area contributed by atoms with Crippen molar-refractivity contribution in [3.63, 3.8) is 0 Å². The minimum atomic E-state index is 0.104. The first-order valence-electron chi connectivity index (χ1n) is 6.15. The molecule has 7 heteroatoms. The Labute approximate surface area is 126 Å². The topological polar surface area (TPSA) is 49.2 Å². The van der Waals surface area contributed by atoms with E-state index in [1.807, 2.05) is 22.9 Å². The van der Waals surface area contributed by atoms with Crippen molar-refractivity contribution >= 4 is 23.4 Å². The molecule has 1 aromatic heterocycles. The molecule has 0 amide bonds. The minimum absolute atomic E-state index is 0.104. The van der Waals surface area contributed by atoms with E-state index < -0.39 is 0 Å². The molecular formula is C13H14ClN3O2S. The van der Waals surface area contributed by atoms with E-state index in [-0.39, 0.29) is 5.38 Å². The van der Waals surface area contributed by atoms with Gasteiger partial charge in [0.1, 0.15) is 0 Å². The molecule has 0 N–H and O–H groups in total. The van der Waals surface area contributed by atoms with Gasteiger partial charge in [-0.15, -0.1) is 16.7 Å². The number of methoxy groups -OCH3 is 2. The average molecular weight is 312 g/mol. The van der Waals surface area contributed by atoms with Crippen LogP contribution in [0.5, 0.6) is 11.5 Å². The number of thioether (sulfide) groups is 1. The van der Waals surface area contributed by atoms with E-state index in [0.29, 0.717) is 23.9 Å². The Hall–Kier alpha value is -1.40. The fraction of sp³-hybridized carbons (Fsp3) is 0.385. The van der Waals surface area contributed by atoms with Gasteiger partial charge in [-0.1, -0.05) is 11.8 Å². The lowest BCUT2D eigenvalue weighted by Crippen LogP contribution is -2.19. The highest BCUT2D eigenvalue weighted by Gasteiger charge is 2.21. The quantitative estimate of drug-likeness (QED) is 0.816. The monoisotopic (exact) mass is 311 g/mol. The Bertz CT molecular complexity index is 632. The number of nitrogens with zero attached hydrogens (tertiary/aromatic N) is 3. The third kappa shape index (κ3) is 2.45. The highest BCUT2D eigenvalue weighted by molar-refractivity contribution is 7.99. The van der Waals surface area contributed by atoms with Gasteiger partial charge in [0.15, 0.2) is 22.5 Å². The van der Waals surface area contributed by atoms with Crippen molar-refractivity contribution in [1.29, 1.82) is 0 Å². The third-order valence-electron chi connectivity index (χ3n) is 3.04. The Kier molecular flexibility index (Phi) is 3.76. The average Bonchev–Trinajstić information content (AvgIpc) is 2.89. The van der Waals surface area contributed by atoms with Gasteiger partial charge >= 0.3 is 0 Å². The second kappa shape index (κ2) is 5.54. The van der Waals surface area contributed by atoms with Crippen LogP contribution in [0.3, 0.4) is 0 Å². The van der Waals surface area contributed by atoms with Crippen molar-refractivity contribution in [2.75, 3.05) is 20.0 Å². The van der Waals surface area contributed by atoms with Crippen LogP contribution in [0, 0.1) is 0 Å². The molecule has 2 heterocycles. The predicted octanol–water partition coefficient (Wildman–Crippen LogP) is 2.68. The molecule has 3 rings (SSSR count). The van der Waals surface area contributed by atoms with Gasteiger partial charge in [0.2, 0.25) is 0 Å². The summed E-state index contributed by atoms with van der Waals surface area (Å²) in [5.41, 5.74) is 0.899. The molecule has 0 spiro atoms. The summed E-state index contributed by atoms with van der Waals surface area (Å²) in [6.07, 6.45) is 0. The number of aromatic nitrogens is 3. The van der Waals surface area contributed by atoms with Crippen LogP contribution in [0.4, 0.5) is 0 Å². The third-order valence-corrected chi connectivity index (χ3v) is 4.65. The van der Waals surface area contributed by atoms with Gasteiger partial charge in [0, 0.05) is 11.3 Å². The first kappa shape index (κ1) is 13.6. The molecule has 0 fully saturated rings. The summed E-state index contributed by atoms with van der Waals surface area (Å²) >= 11 is 7.77. The molecule has 0 saturated heterocycles. The molecule has 1 unspecified atom stereocenters. The lowest BCUT2D eigenvalue weighted by molar-refractivity contribution is 0.355. The van der Waals surface area contributed by atoms with E-state index in [4.69, 9.17) is 21.1 Å². The highest BCUT2D eigenvalue weighted by atomic mass is 35.5. The van der Waals surface area contributed by atoms with Crippen molar-refractivity contribution in [2.45, 2.75) is 17.1 Å². The van der Waals surface area contributed by atoms with Gasteiger partial charge in [-0.25, -0.2) is 9.67 Å². The molecule has 1 aliphatic heterocycles. The molecule has 0 bridgehead atoms. The standard InChI is InChI=1S/C13H14ClN3O2S/c1-18-10-4-3-8(5-11(10)19-2)12-15-13-17(16-12)6-9(14)7-20-13/h3-5,9H,6-7H2,1-2H3. The summed E-state index contributed by atoms with van der Waals surface area (Å²) in [7, 11) is 3.23. The lowest BCUT2D eigenvalue weighted by Gasteiger charge is -2.15. The van der Waals surface area contributed by atoms with Gasteiger partial charge in [0.05, 0.1) is 26.1 Å². The van der Waals surface area contributed by atoms with Crippen molar-refractivity contribution in [3.8, 4) is 22.9 Å². The SMILES string of the molecule is COc1ccc(-c2nc3n(n2)CC(Cl)CS3)cc1OC. The molecule has 1 aromatic carbocycles. The second-order valence-electron chi connectivity index (χ2n) is 4.38. The van der Waals surface area contributed by atoms with Crippen LogP contribution in [0.15, 0.2) is 23.4 Å². The van der Waals surface area contributed by atoms with E-state index in [0.717, 1.165) is 16.5 Å². The summed E-state index contributed by atoms with van der Waals surface area (Å²) in [4.78, 5) is 4.55. The van der Waals surface area contributed by atoms with Gasteiger partial charge in [-0.05, 0) is 18.2 Å². The number of halogens is 1. The van der Waals surface area contributed by atoms with Crippen LogP contribution in [0.25, 0.3) is 11.4 Å². The number of alkyl halides is 1. The summed E-state index contributed by atoms with van der Waals surface area (Å²) < 4.78 is 12.4. The van der Waals surface area contributed by atoms with Crippen LogP contribution < -0.4 is 9.47 Å². The van der Waals surface area contributed by atoms with Crippen LogP contribution in [0.2, 0.25) is 0 Å². The van der Waals surface area contributed by atoms with Gasteiger partial charge in [0.25, 0.3) is 0 Å². The largest absolute Gasteiger partial charge is 0.493 e. The smallest absolute Gasteiger partial charge is 0.186 e. The van der Waals surface area contributed by atoms with Crippen LogP contribution in [-0.2, 0) is 6.54 Å². The Balaban J connectivity index is 1.97. The normalized spacial score (nSPS) is 17.6. The maximum atomic E-state index is 6.14. The van der Waals surface area contributed by atoms with Gasteiger partial charge in [-0.2, -0.15) is 0 Å². The van der Waals surface area contributed by atoms with Crippen LogP contribution >= 0.6 is 23.4 Å². The number of rotatable bonds is 3. The molecule has 20 heavy (non-hydrogen) atoms. The van der Waals surface area contributed by atoms with Gasteiger partial charge in [-0.3, -0.25) is 0 Å². The zero-order valence-electron chi connectivity index (χ0n) is 11.2. The molecule has 5 nitrogen and oxygen atoms in total. The Morgan fingerprint density at radius 2 is 2.10 bits per heavy atom.